The highest BCUT2D eigenvalue weighted by molar-refractivity contribution is 7.10. The molecule has 0 saturated carbocycles. The molecule has 1 aromatic heterocycles. The standard InChI is InChI=1S/C25H24F2N2O3S/c1-32-14-13-28(25(31)19-4-2-3-5-21(19)27)16-23(30)29-12-10-22-20(11-15-33-22)24(29)17-6-8-18(26)9-7-17/h2-9,11,15,24H,10,12-14,16H2,1H3. The molecule has 1 aliphatic heterocycles. The number of amides is 2. The summed E-state index contributed by atoms with van der Waals surface area (Å²) in [5.41, 5.74) is 1.72. The molecule has 1 aliphatic rings. The van der Waals surface area contributed by atoms with Gasteiger partial charge in [-0.15, -0.1) is 11.3 Å². The summed E-state index contributed by atoms with van der Waals surface area (Å²) in [6, 6.07) is 13.5. The van der Waals surface area contributed by atoms with Gasteiger partial charge < -0.3 is 14.5 Å². The van der Waals surface area contributed by atoms with Gasteiger partial charge in [0.15, 0.2) is 0 Å². The zero-order chi connectivity index (χ0) is 23.4. The van der Waals surface area contributed by atoms with Gasteiger partial charge in [0.25, 0.3) is 5.91 Å². The SMILES string of the molecule is COCCN(CC(=O)N1CCc2sccc2C1c1ccc(F)cc1)C(=O)c1ccccc1F. The fourth-order valence-electron chi connectivity index (χ4n) is 4.10. The van der Waals surface area contributed by atoms with Crippen molar-refractivity contribution in [1.29, 1.82) is 0 Å². The molecule has 1 unspecified atom stereocenters. The van der Waals surface area contributed by atoms with Crippen LogP contribution in [0.3, 0.4) is 0 Å². The van der Waals surface area contributed by atoms with Gasteiger partial charge in [-0.25, -0.2) is 8.78 Å². The first-order valence-electron chi connectivity index (χ1n) is 10.6. The van der Waals surface area contributed by atoms with Gasteiger partial charge in [-0.1, -0.05) is 24.3 Å². The minimum atomic E-state index is -0.637. The average molecular weight is 471 g/mol. The van der Waals surface area contributed by atoms with Crippen LogP contribution in [0.5, 0.6) is 0 Å². The van der Waals surface area contributed by atoms with E-state index in [0.717, 1.165) is 11.1 Å². The third-order valence-electron chi connectivity index (χ3n) is 5.75. The Bertz CT molecular complexity index is 1130. The Labute approximate surface area is 195 Å². The fraction of sp³-hybridized carbons (Fsp3) is 0.280. The second-order valence-corrected chi connectivity index (χ2v) is 8.79. The molecule has 0 bridgehead atoms. The highest BCUT2D eigenvalue weighted by Gasteiger charge is 2.34. The molecule has 1 atom stereocenters. The number of methoxy groups -OCH3 is 1. The van der Waals surface area contributed by atoms with Crippen LogP contribution in [0.15, 0.2) is 60.0 Å². The lowest BCUT2D eigenvalue weighted by atomic mass is 9.93. The first kappa shape index (κ1) is 23.1. The van der Waals surface area contributed by atoms with Gasteiger partial charge >= 0.3 is 0 Å². The van der Waals surface area contributed by atoms with E-state index in [2.05, 4.69) is 0 Å². The van der Waals surface area contributed by atoms with Crippen LogP contribution in [0.4, 0.5) is 8.78 Å². The molecule has 2 heterocycles. The predicted octanol–water partition coefficient (Wildman–Crippen LogP) is 4.29. The molecule has 5 nitrogen and oxygen atoms in total. The molecule has 0 spiro atoms. The first-order valence-corrected chi connectivity index (χ1v) is 11.5. The van der Waals surface area contributed by atoms with E-state index in [0.29, 0.717) is 13.0 Å². The van der Waals surface area contributed by atoms with Crippen molar-refractivity contribution in [3.63, 3.8) is 0 Å². The third-order valence-corrected chi connectivity index (χ3v) is 6.75. The van der Waals surface area contributed by atoms with Crippen molar-refractivity contribution in [3.8, 4) is 0 Å². The highest BCUT2D eigenvalue weighted by Crippen LogP contribution is 2.38. The number of benzene rings is 2. The molecule has 3 aromatic rings. The van der Waals surface area contributed by atoms with Gasteiger partial charge in [-0.2, -0.15) is 0 Å². The normalized spacial score (nSPS) is 15.2. The van der Waals surface area contributed by atoms with Crippen LogP contribution in [0.25, 0.3) is 0 Å². The second kappa shape index (κ2) is 10.2. The zero-order valence-electron chi connectivity index (χ0n) is 18.2. The van der Waals surface area contributed by atoms with Crippen LogP contribution < -0.4 is 0 Å². The van der Waals surface area contributed by atoms with E-state index in [1.807, 2.05) is 11.4 Å². The Morgan fingerprint density at radius 2 is 1.88 bits per heavy atom. The molecule has 8 heteroatoms. The maximum Gasteiger partial charge on any atom is 0.257 e. The van der Waals surface area contributed by atoms with Crippen molar-refractivity contribution in [1.82, 2.24) is 9.80 Å². The van der Waals surface area contributed by atoms with Crippen LogP contribution in [0.1, 0.15) is 32.4 Å². The maximum absolute atomic E-state index is 14.3. The van der Waals surface area contributed by atoms with Crippen molar-refractivity contribution < 1.29 is 23.1 Å². The lowest BCUT2D eigenvalue weighted by Crippen LogP contribution is -2.47. The first-order chi connectivity index (χ1) is 16.0. The minimum absolute atomic E-state index is 0.0877. The van der Waals surface area contributed by atoms with E-state index in [1.165, 1.54) is 47.2 Å². The molecule has 2 aromatic carbocycles. The summed E-state index contributed by atoms with van der Waals surface area (Å²) in [6.07, 6.45) is 0.704. The number of ether oxygens (including phenoxy) is 1. The van der Waals surface area contributed by atoms with Crippen molar-refractivity contribution in [3.05, 3.63) is 93.2 Å². The van der Waals surface area contributed by atoms with Gasteiger partial charge in [0, 0.05) is 25.1 Å². The van der Waals surface area contributed by atoms with Crippen LogP contribution in [-0.4, -0.2) is 55.0 Å². The molecular weight excluding hydrogens is 446 g/mol. The summed E-state index contributed by atoms with van der Waals surface area (Å²) >= 11 is 1.63. The highest BCUT2D eigenvalue weighted by atomic mass is 32.1. The van der Waals surface area contributed by atoms with Crippen molar-refractivity contribution in [2.45, 2.75) is 12.5 Å². The molecule has 0 saturated heterocycles. The Morgan fingerprint density at radius 1 is 1.12 bits per heavy atom. The van der Waals surface area contributed by atoms with Gasteiger partial charge in [0.05, 0.1) is 18.2 Å². The Morgan fingerprint density at radius 3 is 2.61 bits per heavy atom. The smallest absolute Gasteiger partial charge is 0.257 e. The number of halogens is 2. The van der Waals surface area contributed by atoms with E-state index >= 15 is 0 Å². The number of thiophene rings is 1. The van der Waals surface area contributed by atoms with Crippen LogP contribution in [0.2, 0.25) is 0 Å². The fourth-order valence-corrected chi connectivity index (χ4v) is 5.01. The second-order valence-electron chi connectivity index (χ2n) is 7.79. The summed E-state index contributed by atoms with van der Waals surface area (Å²) < 4.78 is 32.9. The average Bonchev–Trinajstić information content (AvgIpc) is 3.30. The summed E-state index contributed by atoms with van der Waals surface area (Å²) in [5, 5.41) is 1.99. The number of hydrogen-bond donors (Lipinski definition) is 0. The van der Waals surface area contributed by atoms with Gasteiger partial charge in [-0.05, 0) is 53.3 Å². The number of fused-ring (bicyclic) bond motifs is 1. The van der Waals surface area contributed by atoms with Crippen molar-refractivity contribution >= 4 is 23.2 Å². The molecule has 33 heavy (non-hydrogen) atoms. The van der Waals surface area contributed by atoms with Gasteiger partial charge in [0.1, 0.15) is 18.2 Å². The monoisotopic (exact) mass is 470 g/mol. The van der Waals surface area contributed by atoms with Gasteiger partial charge in [-0.3, -0.25) is 9.59 Å². The molecule has 0 radical (unpaired) electrons. The van der Waals surface area contributed by atoms with E-state index in [-0.39, 0.29) is 43.0 Å². The Hall–Kier alpha value is -3.10. The van der Waals surface area contributed by atoms with Crippen LogP contribution >= 0.6 is 11.3 Å². The lowest BCUT2D eigenvalue weighted by Gasteiger charge is -2.37. The van der Waals surface area contributed by atoms with Gasteiger partial charge in [0.2, 0.25) is 5.91 Å². The summed E-state index contributed by atoms with van der Waals surface area (Å²) in [4.78, 5) is 30.8. The quantitative estimate of drug-likeness (QED) is 0.518. The maximum atomic E-state index is 14.3. The summed E-state index contributed by atoms with van der Waals surface area (Å²) in [6.45, 7) is 0.617. The molecule has 0 fully saturated rings. The third kappa shape index (κ3) is 4.96. The molecule has 0 aliphatic carbocycles. The molecule has 172 valence electrons. The lowest BCUT2D eigenvalue weighted by molar-refractivity contribution is -0.134. The number of hydrogen-bond acceptors (Lipinski definition) is 4. The van der Waals surface area contributed by atoms with Crippen LogP contribution in [0, 0.1) is 11.6 Å². The predicted molar refractivity (Wildman–Crippen MR) is 122 cm³/mol. The topological polar surface area (TPSA) is 49.9 Å². The number of rotatable bonds is 7. The van der Waals surface area contributed by atoms with E-state index in [4.69, 9.17) is 4.74 Å². The molecule has 4 rings (SSSR count). The number of nitrogens with zero attached hydrogens (tertiary/aromatic N) is 2. The summed E-state index contributed by atoms with van der Waals surface area (Å²) in [5.74, 6) is -1.81. The molecule has 0 N–H and O–H groups in total. The Kier molecular flexibility index (Phi) is 7.15. The van der Waals surface area contributed by atoms with Crippen molar-refractivity contribution in [2.75, 3.05) is 33.4 Å². The molecular formula is C25H24F2N2O3S. The van der Waals surface area contributed by atoms with E-state index in [9.17, 15) is 18.4 Å². The number of carbonyl (C=O) groups is 2. The van der Waals surface area contributed by atoms with E-state index in [1.54, 1.807) is 34.4 Å². The summed E-state index contributed by atoms with van der Waals surface area (Å²) in [7, 11) is 1.50. The minimum Gasteiger partial charge on any atom is -0.383 e. The molecule has 2 amide bonds. The largest absolute Gasteiger partial charge is 0.383 e. The number of carbonyl (C=O) groups excluding carboxylic acids is 2. The zero-order valence-corrected chi connectivity index (χ0v) is 19.0. The van der Waals surface area contributed by atoms with E-state index < -0.39 is 11.7 Å². The van der Waals surface area contributed by atoms with Crippen LogP contribution in [-0.2, 0) is 16.0 Å². The van der Waals surface area contributed by atoms with Crippen molar-refractivity contribution in [2.24, 2.45) is 0 Å². The Balaban J connectivity index is 1.62.